The van der Waals surface area contributed by atoms with Crippen LogP contribution >= 0.6 is 0 Å². The number of rotatable bonds is 3. The van der Waals surface area contributed by atoms with Gasteiger partial charge in [-0.05, 0) is 30.4 Å². The van der Waals surface area contributed by atoms with E-state index in [4.69, 9.17) is 5.73 Å². The van der Waals surface area contributed by atoms with Gasteiger partial charge in [-0.3, -0.25) is 0 Å². The van der Waals surface area contributed by atoms with Crippen LogP contribution in [0.2, 0.25) is 0 Å². The van der Waals surface area contributed by atoms with Crippen molar-refractivity contribution in [3.63, 3.8) is 0 Å². The first-order valence-corrected chi connectivity index (χ1v) is 6.28. The fourth-order valence-corrected chi connectivity index (χ4v) is 2.31. The van der Waals surface area contributed by atoms with Crippen LogP contribution in [0.15, 0.2) is 24.3 Å². The molecule has 2 nitrogen and oxygen atoms in total. The summed E-state index contributed by atoms with van der Waals surface area (Å²) in [5.41, 5.74) is 8.80. The van der Waals surface area contributed by atoms with Crippen LogP contribution in [0.25, 0.3) is 0 Å². The summed E-state index contributed by atoms with van der Waals surface area (Å²) in [6.07, 6.45) is 2.33. The summed E-state index contributed by atoms with van der Waals surface area (Å²) in [7, 11) is 0. The van der Waals surface area contributed by atoms with Crippen molar-refractivity contribution >= 4 is 5.69 Å². The number of nitrogens with zero attached hydrogens (tertiary/aromatic N) is 1. The molecule has 0 bridgehead atoms. The molecule has 1 aromatic rings. The maximum atomic E-state index is 6.14. The molecule has 0 saturated heterocycles. The Morgan fingerprint density at radius 3 is 2.88 bits per heavy atom. The molecule has 1 unspecified atom stereocenters. The Bertz CT molecular complexity index is 346. The summed E-state index contributed by atoms with van der Waals surface area (Å²) in [6, 6.07) is 8.80. The first-order valence-electron chi connectivity index (χ1n) is 6.28. The van der Waals surface area contributed by atoms with Crippen LogP contribution in [0.3, 0.4) is 0 Å². The minimum atomic E-state index is 0.228. The van der Waals surface area contributed by atoms with Crippen LogP contribution in [0.1, 0.15) is 38.3 Å². The van der Waals surface area contributed by atoms with Gasteiger partial charge in [0.2, 0.25) is 0 Å². The number of nitrogens with two attached hydrogens (primary N) is 1. The monoisotopic (exact) mass is 218 g/mol. The van der Waals surface area contributed by atoms with Crippen LogP contribution in [0.5, 0.6) is 0 Å². The number of para-hydroxylation sites is 1. The largest absolute Gasteiger partial charge is 0.371 e. The van der Waals surface area contributed by atoms with Crippen molar-refractivity contribution in [1.82, 2.24) is 0 Å². The van der Waals surface area contributed by atoms with Gasteiger partial charge in [0.15, 0.2) is 0 Å². The molecule has 16 heavy (non-hydrogen) atoms. The fraction of sp³-hybridized carbons (Fsp3) is 0.571. The van der Waals surface area contributed by atoms with Gasteiger partial charge in [0.05, 0.1) is 0 Å². The molecule has 1 aromatic carbocycles. The zero-order chi connectivity index (χ0) is 11.5. The molecule has 0 amide bonds. The van der Waals surface area contributed by atoms with Crippen molar-refractivity contribution in [3.8, 4) is 0 Å². The van der Waals surface area contributed by atoms with E-state index in [1.165, 1.54) is 17.7 Å². The lowest BCUT2D eigenvalue weighted by molar-refractivity contribution is 0.536. The van der Waals surface area contributed by atoms with Crippen molar-refractivity contribution in [2.75, 3.05) is 18.0 Å². The molecule has 2 rings (SSSR count). The third-order valence-corrected chi connectivity index (χ3v) is 3.36. The highest BCUT2D eigenvalue weighted by molar-refractivity contribution is 5.56. The van der Waals surface area contributed by atoms with Crippen molar-refractivity contribution in [3.05, 3.63) is 29.8 Å². The van der Waals surface area contributed by atoms with E-state index in [1.807, 2.05) is 0 Å². The van der Waals surface area contributed by atoms with Gasteiger partial charge < -0.3 is 10.6 Å². The number of hydrogen-bond donors (Lipinski definition) is 1. The Hall–Kier alpha value is -1.02. The van der Waals surface area contributed by atoms with Crippen molar-refractivity contribution in [2.24, 2.45) is 11.7 Å². The molecule has 0 aliphatic carbocycles. The lowest BCUT2D eigenvalue weighted by Gasteiger charge is -2.34. The van der Waals surface area contributed by atoms with E-state index in [1.54, 1.807) is 0 Å². The quantitative estimate of drug-likeness (QED) is 0.845. The Labute approximate surface area is 98.4 Å². The molecule has 1 heterocycles. The van der Waals surface area contributed by atoms with Gasteiger partial charge in [0.1, 0.15) is 0 Å². The SMILES string of the molecule is CC(C)CCN1CCC(N)c2ccccc21. The van der Waals surface area contributed by atoms with E-state index in [9.17, 15) is 0 Å². The molecule has 0 spiro atoms. The zero-order valence-electron chi connectivity index (χ0n) is 10.3. The summed E-state index contributed by atoms with van der Waals surface area (Å²) < 4.78 is 0. The van der Waals surface area contributed by atoms with Crippen LogP contribution in [-0.2, 0) is 0 Å². The lowest BCUT2D eigenvalue weighted by atomic mass is 9.96. The van der Waals surface area contributed by atoms with E-state index in [0.29, 0.717) is 0 Å². The molecule has 2 heteroatoms. The summed E-state index contributed by atoms with van der Waals surface area (Å²) in [5.74, 6) is 0.766. The molecule has 2 N–H and O–H groups in total. The van der Waals surface area contributed by atoms with Gasteiger partial charge in [0.25, 0.3) is 0 Å². The van der Waals surface area contributed by atoms with E-state index in [-0.39, 0.29) is 6.04 Å². The molecule has 0 radical (unpaired) electrons. The predicted molar refractivity (Wildman–Crippen MR) is 69.7 cm³/mol. The molecule has 1 aliphatic rings. The van der Waals surface area contributed by atoms with E-state index < -0.39 is 0 Å². The summed E-state index contributed by atoms with van der Waals surface area (Å²) in [6.45, 7) is 6.81. The average Bonchev–Trinajstić information content (AvgIpc) is 2.28. The number of fused-ring (bicyclic) bond motifs is 1. The van der Waals surface area contributed by atoms with E-state index >= 15 is 0 Å². The van der Waals surface area contributed by atoms with Gasteiger partial charge in [-0.25, -0.2) is 0 Å². The smallest absolute Gasteiger partial charge is 0.0414 e. The average molecular weight is 218 g/mol. The third-order valence-electron chi connectivity index (χ3n) is 3.36. The van der Waals surface area contributed by atoms with Gasteiger partial charge in [-0.1, -0.05) is 32.0 Å². The second-order valence-electron chi connectivity index (χ2n) is 5.12. The molecule has 0 saturated carbocycles. The molecule has 0 fully saturated rings. The van der Waals surface area contributed by atoms with E-state index in [0.717, 1.165) is 25.4 Å². The van der Waals surface area contributed by atoms with Crippen LogP contribution < -0.4 is 10.6 Å². The predicted octanol–water partition coefficient (Wildman–Crippen LogP) is 2.94. The first kappa shape index (κ1) is 11.5. The second kappa shape index (κ2) is 4.88. The number of anilines is 1. The molecule has 1 aliphatic heterocycles. The summed E-state index contributed by atoms with van der Waals surface area (Å²) in [5, 5.41) is 0. The van der Waals surface area contributed by atoms with Crippen molar-refractivity contribution in [1.29, 1.82) is 0 Å². The van der Waals surface area contributed by atoms with Crippen molar-refractivity contribution in [2.45, 2.75) is 32.7 Å². The summed E-state index contributed by atoms with van der Waals surface area (Å²) in [4.78, 5) is 2.48. The van der Waals surface area contributed by atoms with Gasteiger partial charge in [-0.15, -0.1) is 0 Å². The highest BCUT2D eigenvalue weighted by Gasteiger charge is 2.21. The maximum Gasteiger partial charge on any atom is 0.0414 e. The third kappa shape index (κ3) is 2.38. The van der Waals surface area contributed by atoms with Crippen LogP contribution in [0, 0.1) is 5.92 Å². The minimum Gasteiger partial charge on any atom is -0.371 e. The Morgan fingerprint density at radius 1 is 1.38 bits per heavy atom. The second-order valence-corrected chi connectivity index (χ2v) is 5.12. The van der Waals surface area contributed by atoms with E-state index in [2.05, 4.69) is 43.0 Å². The molecule has 1 atom stereocenters. The van der Waals surface area contributed by atoms with Gasteiger partial charge in [0, 0.05) is 24.8 Å². The maximum absolute atomic E-state index is 6.14. The summed E-state index contributed by atoms with van der Waals surface area (Å²) >= 11 is 0. The molecule has 88 valence electrons. The fourth-order valence-electron chi connectivity index (χ4n) is 2.31. The topological polar surface area (TPSA) is 29.3 Å². The Kier molecular flexibility index (Phi) is 3.49. The molecular weight excluding hydrogens is 196 g/mol. The standard InChI is InChI=1S/C14H22N2/c1-11(2)7-9-16-10-8-13(15)12-5-3-4-6-14(12)16/h3-6,11,13H,7-10,15H2,1-2H3. The Morgan fingerprint density at radius 2 is 2.12 bits per heavy atom. The minimum absolute atomic E-state index is 0.228. The van der Waals surface area contributed by atoms with Gasteiger partial charge in [-0.2, -0.15) is 0 Å². The highest BCUT2D eigenvalue weighted by Crippen LogP contribution is 2.32. The lowest BCUT2D eigenvalue weighted by Crippen LogP contribution is -2.34. The zero-order valence-corrected chi connectivity index (χ0v) is 10.3. The van der Waals surface area contributed by atoms with Gasteiger partial charge >= 0.3 is 0 Å². The molecule has 0 aromatic heterocycles. The van der Waals surface area contributed by atoms with Crippen LogP contribution in [-0.4, -0.2) is 13.1 Å². The molecular formula is C14H22N2. The number of benzene rings is 1. The van der Waals surface area contributed by atoms with Crippen molar-refractivity contribution < 1.29 is 0 Å². The first-order chi connectivity index (χ1) is 7.68. The van der Waals surface area contributed by atoms with Crippen LogP contribution in [0.4, 0.5) is 5.69 Å². The highest BCUT2D eigenvalue weighted by atomic mass is 15.1. The number of hydrogen-bond acceptors (Lipinski definition) is 2. The Balaban J connectivity index is 2.15. The normalized spacial score (nSPS) is 20.0.